The third-order valence-electron chi connectivity index (χ3n) is 4.07. The Labute approximate surface area is 157 Å². The molecular formula is C20H28N2O3S. The molecule has 26 heavy (non-hydrogen) atoms. The Hall–Kier alpha value is -1.89. The zero-order valence-electron chi connectivity index (χ0n) is 16.1. The van der Waals surface area contributed by atoms with E-state index in [4.69, 9.17) is 4.74 Å². The van der Waals surface area contributed by atoms with Crippen molar-refractivity contribution in [1.82, 2.24) is 9.62 Å². The number of nitrogens with one attached hydrogen (secondary N) is 1. The molecule has 142 valence electrons. The quantitative estimate of drug-likeness (QED) is 0.765. The predicted octanol–water partition coefficient (Wildman–Crippen LogP) is 3.57. The van der Waals surface area contributed by atoms with Crippen LogP contribution in [0.3, 0.4) is 0 Å². The van der Waals surface area contributed by atoms with Crippen molar-refractivity contribution < 1.29 is 13.2 Å². The first kappa shape index (κ1) is 20.4. The van der Waals surface area contributed by atoms with Crippen LogP contribution in [0.4, 0.5) is 0 Å². The van der Waals surface area contributed by atoms with Crippen LogP contribution in [0.25, 0.3) is 0 Å². The molecule has 0 aliphatic rings. The largest absolute Gasteiger partial charge is 0.491 e. The summed E-state index contributed by atoms with van der Waals surface area (Å²) in [5, 5.41) is 3.46. The summed E-state index contributed by atoms with van der Waals surface area (Å²) in [6.45, 7) is 6.80. The zero-order valence-corrected chi connectivity index (χ0v) is 16.9. The van der Waals surface area contributed by atoms with Gasteiger partial charge in [-0.05, 0) is 56.2 Å². The molecule has 0 saturated heterocycles. The predicted molar refractivity (Wildman–Crippen MR) is 105 cm³/mol. The molecule has 2 aromatic rings. The van der Waals surface area contributed by atoms with Gasteiger partial charge in [0.05, 0.1) is 11.0 Å². The molecular weight excluding hydrogens is 348 g/mol. The van der Waals surface area contributed by atoms with Gasteiger partial charge in [-0.25, -0.2) is 12.7 Å². The van der Waals surface area contributed by atoms with Crippen LogP contribution in [0.1, 0.15) is 37.9 Å². The third kappa shape index (κ3) is 5.30. The van der Waals surface area contributed by atoms with Crippen molar-refractivity contribution in [3.63, 3.8) is 0 Å². The van der Waals surface area contributed by atoms with Crippen LogP contribution >= 0.6 is 0 Å². The van der Waals surface area contributed by atoms with Crippen LogP contribution in [0.2, 0.25) is 0 Å². The van der Waals surface area contributed by atoms with E-state index in [1.165, 1.54) is 24.0 Å². The van der Waals surface area contributed by atoms with Crippen molar-refractivity contribution in [3.05, 3.63) is 59.7 Å². The van der Waals surface area contributed by atoms with Crippen LogP contribution in [0, 0.1) is 0 Å². The first-order chi connectivity index (χ1) is 12.2. The third-order valence-corrected chi connectivity index (χ3v) is 5.90. The Bertz CT molecular complexity index is 798. The molecule has 0 saturated carbocycles. The molecule has 0 aliphatic carbocycles. The van der Waals surface area contributed by atoms with Crippen molar-refractivity contribution in [1.29, 1.82) is 0 Å². The SMILES string of the molecule is CC(C)Oc1ccc(CNC(C)c2ccc(S(=O)(=O)N(C)C)cc2)cc1. The maximum absolute atomic E-state index is 12.1. The van der Waals surface area contributed by atoms with Gasteiger partial charge in [-0.3, -0.25) is 0 Å². The van der Waals surface area contributed by atoms with Gasteiger partial charge >= 0.3 is 0 Å². The van der Waals surface area contributed by atoms with E-state index in [-0.39, 0.29) is 12.1 Å². The van der Waals surface area contributed by atoms with Crippen LogP contribution in [0.5, 0.6) is 5.75 Å². The zero-order chi connectivity index (χ0) is 19.3. The van der Waals surface area contributed by atoms with Crippen molar-refractivity contribution >= 4 is 10.0 Å². The summed E-state index contributed by atoms with van der Waals surface area (Å²) < 4.78 is 31.1. The van der Waals surface area contributed by atoms with Crippen molar-refractivity contribution in [2.45, 2.75) is 44.4 Å². The number of rotatable bonds is 8. The van der Waals surface area contributed by atoms with Crippen LogP contribution in [-0.4, -0.2) is 32.9 Å². The fourth-order valence-electron chi connectivity index (χ4n) is 2.49. The maximum atomic E-state index is 12.1. The van der Waals surface area contributed by atoms with E-state index in [1.807, 2.05) is 50.2 Å². The Kier molecular flexibility index (Phi) is 6.81. The number of nitrogens with zero attached hydrogens (tertiary/aromatic N) is 1. The molecule has 2 aromatic carbocycles. The molecule has 0 radical (unpaired) electrons. The summed E-state index contributed by atoms with van der Waals surface area (Å²) in [5.74, 6) is 0.870. The number of sulfonamides is 1. The molecule has 5 nitrogen and oxygen atoms in total. The molecule has 0 aromatic heterocycles. The van der Waals surface area contributed by atoms with Crippen molar-refractivity contribution in [2.24, 2.45) is 0 Å². The first-order valence-electron chi connectivity index (χ1n) is 8.71. The Morgan fingerprint density at radius 1 is 0.962 bits per heavy atom. The van der Waals surface area contributed by atoms with E-state index >= 15 is 0 Å². The highest BCUT2D eigenvalue weighted by Gasteiger charge is 2.17. The molecule has 1 N–H and O–H groups in total. The molecule has 0 bridgehead atoms. The number of benzene rings is 2. The lowest BCUT2D eigenvalue weighted by atomic mass is 10.1. The summed E-state index contributed by atoms with van der Waals surface area (Å²) >= 11 is 0. The first-order valence-corrected chi connectivity index (χ1v) is 10.2. The molecule has 1 unspecified atom stereocenters. The van der Waals surface area contributed by atoms with Gasteiger partial charge < -0.3 is 10.1 Å². The summed E-state index contributed by atoms with van der Waals surface area (Å²) in [4.78, 5) is 0.305. The Morgan fingerprint density at radius 2 is 1.54 bits per heavy atom. The summed E-state index contributed by atoms with van der Waals surface area (Å²) in [5.41, 5.74) is 2.21. The van der Waals surface area contributed by atoms with Crippen molar-refractivity contribution in [2.75, 3.05) is 14.1 Å². The molecule has 0 heterocycles. The lowest BCUT2D eigenvalue weighted by Crippen LogP contribution is -2.22. The van der Waals surface area contributed by atoms with Crippen LogP contribution in [0.15, 0.2) is 53.4 Å². The Morgan fingerprint density at radius 3 is 2.04 bits per heavy atom. The van der Waals surface area contributed by atoms with Crippen molar-refractivity contribution in [3.8, 4) is 5.75 Å². The fraction of sp³-hybridized carbons (Fsp3) is 0.400. The molecule has 1 atom stereocenters. The molecule has 0 amide bonds. The molecule has 0 fully saturated rings. The van der Waals surface area contributed by atoms with Crippen LogP contribution in [-0.2, 0) is 16.6 Å². The average molecular weight is 377 g/mol. The van der Waals surface area contributed by atoms with Gasteiger partial charge in [-0.15, -0.1) is 0 Å². The molecule has 2 rings (SSSR count). The van der Waals surface area contributed by atoms with Gasteiger partial charge in [0.2, 0.25) is 10.0 Å². The van der Waals surface area contributed by atoms with Gasteiger partial charge in [0.15, 0.2) is 0 Å². The normalized spacial score (nSPS) is 13.2. The second kappa shape index (κ2) is 8.66. The molecule has 0 spiro atoms. The van der Waals surface area contributed by atoms with E-state index in [0.29, 0.717) is 4.90 Å². The summed E-state index contributed by atoms with van der Waals surface area (Å²) in [6, 6.07) is 15.2. The lowest BCUT2D eigenvalue weighted by Gasteiger charge is -2.16. The minimum atomic E-state index is -3.39. The molecule has 6 heteroatoms. The number of ether oxygens (including phenoxy) is 1. The maximum Gasteiger partial charge on any atom is 0.242 e. The number of hydrogen-bond acceptors (Lipinski definition) is 4. The smallest absolute Gasteiger partial charge is 0.242 e. The monoisotopic (exact) mass is 376 g/mol. The topological polar surface area (TPSA) is 58.6 Å². The van der Waals surface area contributed by atoms with Gasteiger partial charge in [0.25, 0.3) is 0 Å². The lowest BCUT2D eigenvalue weighted by molar-refractivity contribution is 0.242. The minimum Gasteiger partial charge on any atom is -0.491 e. The van der Waals surface area contributed by atoms with E-state index in [0.717, 1.165) is 17.9 Å². The average Bonchev–Trinajstić information content (AvgIpc) is 2.60. The standard InChI is InChI=1S/C20H28N2O3S/c1-15(2)25-19-10-6-17(7-11-19)14-21-16(3)18-8-12-20(13-9-18)26(23,24)22(4)5/h6-13,15-16,21H,14H2,1-5H3. The van der Waals surface area contributed by atoms with Gasteiger partial charge in [-0.2, -0.15) is 0 Å². The highest BCUT2D eigenvalue weighted by Crippen LogP contribution is 2.19. The fourth-order valence-corrected chi connectivity index (χ4v) is 3.39. The second-order valence-electron chi connectivity index (χ2n) is 6.77. The van der Waals surface area contributed by atoms with E-state index in [9.17, 15) is 8.42 Å². The summed E-state index contributed by atoms with van der Waals surface area (Å²) in [7, 11) is -0.321. The highest BCUT2D eigenvalue weighted by atomic mass is 32.2. The van der Waals surface area contributed by atoms with Gasteiger partial charge in [-0.1, -0.05) is 24.3 Å². The van der Waals surface area contributed by atoms with E-state index in [2.05, 4.69) is 12.2 Å². The second-order valence-corrected chi connectivity index (χ2v) is 8.92. The summed E-state index contributed by atoms with van der Waals surface area (Å²) in [6.07, 6.45) is 0.165. The van der Waals surface area contributed by atoms with E-state index < -0.39 is 10.0 Å². The van der Waals surface area contributed by atoms with E-state index in [1.54, 1.807) is 12.1 Å². The Balaban J connectivity index is 1.96. The van der Waals surface area contributed by atoms with Gasteiger partial charge in [0.1, 0.15) is 5.75 Å². The number of hydrogen-bond donors (Lipinski definition) is 1. The minimum absolute atomic E-state index is 0.109. The molecule has 0 aliphatic heterocycles. The van der Waals surface area contributed by atoms with Gasteiger partial charge in [0, 0.05) is 26.7 Å². The highest BCUT2D eigenvalue weighted by molar-refractivity contribution is 7.89. The van der Waals surface area contributed by atoms with Crippen LogP contribution < -0.4 is 10.1 Å².